The van der Waals surface area contributed by atoms with Crippen LogP contribution in [-0.2, 0) is 9.59 Å². The van der Waals surface area contributed by atoms with E-state index in [9.17, 15) is 14.7 Å². The van der Waals surface area contributed by atoms with Crippen LogP contribution in [0, 0.1) is 11.3 Å². The Labute approximate surface area is 147 Å². The molecule has 0 heterocycles. The Bertz CT molecular complexity index is 830. The monoisotopic (exact) mass is 338 g/mol. The zero-order chi connectivity index (χ0) is 18.4. The average Bonchev–Trinajstić information content (AvgIpc) is 2.59. The first-order valence-electron chi connectivity index (χ1n) is 8.31. The molecule has 0 saturated carbocycles. The van der Waals surface area contributed by atoms with Crippen molar-refractivity contribution in [3.63, 3.8) is 0 Å². The molecule has 0 amide bonds. The summed E-state index contributed by atoms with van der Waals surface area (Å²) < 4.78 is 5.11. The van der Waals surface area contributed by atoms with Crippen molar-refractivity contribution in [2.24, 2.45) is 11.3 Å². The van der Waals surface area contributed by atoms with Crippen LogP contribution in [0.25, 0.3) is 0 Å². The summed E-state index contributed by atoms with van der Waals surface area (Å²) in [6.07, 6.45) is 5.69. The third kappa shape index (κ3) is 2.44. The van der Waals surface area contributed by atoms with Crippen molar-refractivity contribution in [2.45, 2.75) is 26.2 Å². The second-order valence-electron chi connectivity index (χ2n) is 6.90. The lowest BCUT2D eigenvalue weighted by Crippen LogP contribution is -2.49. The topological polar surface area (TPSA) is 63.6 Å². The minimum atomic E-state index is -0.893. The van der Waals surface area contributed by atoms with Gasteiger partial charge in [-0.3, -0.25) is 9.59 Å². The molecule has 0 bridgehead atoms. The van der Waals surface area contributed by atoms with Crippen molar-refractivity contribution < 1.29 is 19.4 Å². The summed E-state index contributed by atoms with van der Waals surface area (Å²) in [5, 5.41) is 10.2. The number of Topliss-reactive ketones (excluding diaryl/α,β-unsaturated/α-hetero) is 1. The van der Waals surface area contributed by atoms with Gasteiger partial charge in [0.2, 0.25) is 0 Å². The van der Waals surface area contributed by atoms with Gasteiger partial charge in [0.15, 0.2) is 23.1 Å². The molecule has 3 rings (SSSR count). The number of phenolic OH excluding ortho intramolecular Hbond substituents is 1. The lowest BCUT2D eigenvalue weighted by molar-refractivity contribution is -0.137. The largest absolute Gasteiger partial charge is 0.504 e. The maximum absolute atomic E-state index is 13.0. The van der Waals surface area contributed by atoms with Crippen LogP contribution in [0.3, 0.4) is 0 Å². The standard InChI is InChI=1S/C21H22O4/c1-5-13-6-8-15-20(24)12(2)10-18(23)21(15,3)19(13)14-7-9-17(25-4)16(22)11-14/h5-7,9-11,15,19,22H,1,8H2,2-4H3. The first-order chi connectivity index (χ1) is 11.8. The number of hydrogen-bond acceptors (Lipinski definition) is 4. The van der Waals surface area contributed by atoms with Crippen LogP contribution in [0.5, 0.6) is 11.5 Å². The van der Waals surface area contributed by atoms with Gasteiger partial charge in [0.05, 0.1) is 12.5 Å². The molecule has 130 valence electrons. The number of rotatable bonds is 3. The molecular weight excluding hydrogens is 316 g/mol. The number of carbonyl (C=O) groups excluding carboxylic acids is 2. The van der Waals surface area contributed by atoms with Crippen LogP contribution in [0.1, 0.15) is 31.7 Å². The van der Waals surface area contributed by atoms with Gasteiger partial charge in [0, 0.05) is 11.8 Å². The lowest BCUT2D eigenvalue weighted by atomic mass is 9.53. The summed E-state index contributed by atoms with van der Waals surface area (Å²) in [4.78, 5) is 25.7. The average molecular weight is 338 g/mol. The van der Waals surface area contributed by atoms with E-state index in [0.29, 0.717) is 17.7 Å². The highest BCUT2D eigenvalue weighted by atomic mass is 16.5. The molecule has 0 fully saturated rings. The smallest absolute Gasteiger partial charge is 0.163 e. The van der Waals surface area contributed by atoms with E-state index in [0.717, 1.165) is 11.1 Å². The fourth-order valence-corrected chi connectivity index (χ4v) is 4.18. The van der Waals surface area contributed by atoms with E-state index >= 15 is 0 Å². The molecule has 0 spiro atoms. The molecule has 4 nitrogen and oxygen atoms in total. The summed E-state index contributed by atoms with van der Waals surface area (Å²) in [6.45, 7) is 7.42. The normalized spacial score (nSPS) is 28.8. The zero-order valence-corrected chi connectivity index (χ0v) is 14.7. The summed E-state index contributed by atoms with van der Waals surface area (Å²) >= 11 is 0. The third-order valence-electron chi connectivity index (χ3n) is 5.60. The maximum atomic E-state index is 13.0. The van der Waals surface area contributed by atoms with Crippen molar-refractivity contribution in [1.29, 1.82) is 0 Å². The number of aromatic hydroxyl groups is 1. The first kappa shape index (κ1) is 17.2. The Kier molecular flexibility index (Phi) is 4.15. The molecule has 3 atom stereocenters. The highest BCUT2D eigenvalue weighted by Crippen LogP contribution is 2.55. The quantitative estimate of drug-likeness (QED) is 0.912. The van der Waals surface area contributed by atoms with Gasteiger partial charge in [-0.1, -0.05) is 31.7 Å². The molecule has 3 unspecified atom stereocenters. The molecule has 25 heavy (non-hydrogen) atoms. The minimum absolute atomic E-state index is 0.00967. The molecule has 0 radical (unpaired) electrons. The highest BCUT2D eigenvalue weighted by molar-refractivity contribution is 6.13. The maximum Gasteiger partial charge on any atom is 0.163 e. The van der Waals surface area contributed by atoms with E-state index in [4.69, 9.17) is 4.74 Å². The van der Waals surface area contributed by atoms with Crippen LogP contribution in [0.15, 0.2) is 54.2 Å². The molecular formula is C21H22O4. The number of benzene rings is 1. The molecule has 0 aromatic heterocycles. The van der Waals surface area contributed by atoms with Crippen LogP contribution in [-0.4, -0.2) is 23.8 Å². The third-order valence-corrected chi connectivity index (χ3v) is 5.60. The molecule has 4 heteroatoms. The van der Waals surface area contributed by atoms with E-state index in [1.54, 1.807) is 25.1 Å². The molecule has 1 N–H and O–H groups in total. The van der Waals surface area contributed by atoms with Crippen molar-refractivity contribution >= 4 is 11.6 Å². The molecule has 2 aliphatic carbocycles. The van der Waals surface area contributed by atoms with Crippen molar-refractivity contribution in [2.75, 3.05) is 7.11 Å². The second kappa shape index (κ2) is 6.03. The highest BCUT2D eigenvalue weighted by Gasteiger charge is 2.54. The molecule has 0 aliphatic heterocycles. The van der Waals surface area contributed by atoms with Crippen LogP contribution < -0.4 is 4.74 Å². The number of phenols is 1. The number of ketones is 2. The van der Waals surface area contributed by atoms with Crippen LogP contribution in [0.4, 0.5) is 0 Å². The Balaban J connectivity index is 2.21. The number of allylic oxidation sites excluding steroid dienone is 5. The number of ether oxygens (including phenoxy) is 1. The van der Waals surface area contributed by atoms with E-state index in [1.807, 2.05) is 19.1 Å². The molecule has 1 aromatic rings. The second-order valence-corrected chi connectivity index (χ2v) is 6.90. The van der Waals surface area contributed by atoms with E-state index in [1.165, 1.54) is 13.2 Å². The number of methoxy groups -OCH3 is 1. The van der Waals surface area contributed by atoms with Gasteiger partial charge in [-0.05, 0) is 48.3 Å². The predicted molar refractivity (Wildman–Crippen MR) is 95.7 cm³/mol. The van der Waals surface area contributed by atoms with Gasteiger partial charge in [-0.2, -0.15) is 0 Å². The van der Waals surface area contributed by atoms with E-state index in [2.05, 4.69) is 6.58 Å². The Morgan fingerprint density at radius 1 is 1.36 bits per heavy atom. The van der Waals surface area contributed by atoms with E-state index < -0.39 is 11.3 Å². The van der Waals surface area contributed by atoms with Gasteiger partial charge in [0.1, 0.15) is 0 Å². The van der Waals surface area contributed by atoms with Crippen LogP contribution >= 0.6 is 0 Å². The van der Waals surface area contributed by atoms with Gasteiger partial charge in [-0.15, -0.1) is 0 Å². The summed E-state index contributed by atoms with van der Waals surface area (Å²) in [5.74, 6) is -0.404. The van der Waals surface area contributed by atoms with Crippen molar-refractivity contribution in [3.8, 4) is 11.5 Å². The van der Waals surface area contributed by atoms with Crippen LogP contribution in [0.2, 0.25) is 0 Å². The Hall–Kier alpha value is -2.62. The lowest BCUT2D eigenvalue weighted by Gasteiger charge is -2.47. The predicted octanol–water partition coefficient (Wildman–Crippen LogP) is 3.72. The van der Waals surface area contributed by atoms with Gasteiger partial charge < -0.3 is 9.84 Å². The molecule has 0 saturated heterocycles. The Morgan fingerprint density at radius 3 is 2.68 bits per heavy atom. The van der Waals surface area contributed by atoms with E-state index in [-0.39, 0.29) is 23.2 Å². The van der Waals surface area contributed by atoms with Gasteiger partial charge >= 0.3 is 0 Å². The SMILES string of the molecule is C=CC1=CCC2C(=O)C(C)=CC(=O)C2(C)C1c1ccc(OC)c(O)c1. The Morgan fingerprint density at radius 2 is 2.08 bits per heavy atom. The van der Waals surface area contributed by atoms with Gasteiger partial charge in [-0.25, -0.2) is 0 Å². The molecule has 2 aliphatic rings. The fourth-order valence-electron chi connectivity index (χ4n) is 4.18. The minimum Gasteiger partial charge on any atom is -0.504 e. The number of carbonyl (C=O) groups is 2. The zero-order valence-electron chi connectivity index (χ0n) is 14.7. The summed E-state index contributed by atoms with van der Waals surface area (Å²) in [6, 6.07) is 5.11. The van der Waals surface area contributed by atoms with Crippen molar-refractivity contribution in [1.82, 2.24) is 0 Å². The first-order valence-corrected chi connectivity index (χ1v) is 8.31. The molecule has 1 aromatic carbocycles. The van der Waals surface area contributed by atoms with Crippen molar-refractivity contribution in [3.05, 3.63) is 59.7 Å². The number of hydrogen-bond donors (Lipinski definition) is 1. The summed E-state index contributed by atoms with van der Waals surface area (Å²) in [5.41, 5.74) is 1.29. The summed E-state index contributed by atoms with van der Waals surface area (Å²) in [7, 11) is 1.48. The van der Waals surface area contributed by atoms with Gasteiger partial charge in [0.25, 0.3) is 0 Å². The number of fused-ring (bicyclic) bond motifs is 1. The fraction of sp³-hybridized carbons (Fsp3) is 0.333.